The number of carbonyl (C=O) groups excluding carboxylic acids is 3. The maximum absolute atomic E-state index is 12.9. The lowest BCUT2D eigenvalue weighted by Crippen LogP contribution is -2.30. The molecule has 0 aromatic heterocycles. The summed E-state index contributed by atoms with van der Waals surface area (Å²) in [5, 5.41) is 9.79. The number of phosphoric ester groups is 1. The lowest BCUT2D eigenvalue weighted by atomic mass is 10.0. The second-order valence-electron chi connectivity index (χ2n) is 19.1. The Kier molecular flexibility index (Phi) is 52.9. The third-order valence-electron chi connectivity index (χ3n) is 12.0. The van der Waals surface area contributed by atoms with Crippen molar-refractivity contribution in [3.63, 3.8) is 0 Å². The number of unbranched alkanes of at least 4 members (excludes halogenated alkanes) is 21. The molecule has 11 nitrogen and oxygen atoms in total. The Hall–Kier alpha value is -3.60. The zero-order valence-corrected chi connectivity index (χ0v) is 47.7. The number of ether oxygens (including phenoxy) is 3. The first-order chi connectivity index (χ1) is 36.2. The molecule has 2 N–H and O–H groups in total. The molecule has 0 radical (unpaired) electrons. The number of phosphoric acid groups is 1. The molecule has 0 aliphatic carbocycles. The molecular weight excluding hydrogens is 952 g/mol. The van der Waals surface area contributed by atoms with E-state index < -0.39 is 57.8 Å². The van der Waals surface area contributed by atoms with Gasteiger partial charge in [-0.25, -0.2) is 4.57 Å². The topological polar surface area (TPSA) is 155 Å². The SMILES string of the molecule is CC/C=C\C/C=C\C/C=C\C/C=C\C/C=C\CC(=O)OC(CO)COP(=O)(O)OCC(COC(=O)CCCCC/C=C\C/C=C\C/C=C\CC)OC(=O)CCCCCCCCCCCCCCCCCCCCC. The monoisotopic (exact) mass is 1060 g/mol. The van der Waals surface area contributed by atoms with Gasteiger partial charge in [-0.15, -0.1) is 0 Å². The first-order valence-electron chi connectivity index (χ1n) is 29.1. The standard InChI is InChI=1S/C62H105O11P/c1-4-7-10-13-16-19-22-25-27-28-29-30-32-35-38-41-44-47-50-53-62(66)73-59(55-69-60(64)51-48-45-42-39-36-33-24-21-18-15-12-9-6-3)57-71-74(67,68)70-56-58(54-63)72-61(65)52-49-46-43-40-37-34-31-26-23-20-17-14-11-8-5-2/h8-9,11-12,17-18,20-21,26,31,33,36-37,40,46,49,58-59,63H,4-7,10,13-16,19,22-25,27-30,32,34-35,38-39,41-45,47-48,50-57H2,1-3H3,(H,67,68)/b11-8-,12-9-,20-17-,21-18-,31-26-,36-33-,40-37-,49-46-. The fourth-order valence-corrected chi connectivity index (χ4v) is 8.47. The molecule has 0 bridgehead atoms. The van der Waals surface area contributed by atoms with E-state index in [1.165, 1.54) is 96.3 Å². The van der Waals surface area contributed by atoms with Crippen molar-refractivity contribution in [3.05, 3.63) is 97.2 Å². The number of hydrogen-bond acceptors (Lipinski definition) is 10. The fourth-order valence-electron chi connectivity index (χ4n) is 7.68. The van der Waals surface area contributed by atoms with Crippen LogP contribution in [0.5, 0.6) is 0 Å². The van der Waals surface area contributed by atoms with Crippen molar-refractivity contribution >= 4 is 25.7 Å². The first-order valence-corrected chi connectivity index (χ1v) is 30.6. The summed E-state index contributed by atoms with van der Waals surface area (Å²) in [5.41, 5.74) is 0. The Morgan fingerprint density at radius 1 is 0.405 bits per heavy atom. The van der Waals surface area contributed by atoms with Gasteiger partial charge in [0.05, 0.1) is 26.2 Å². The van der Waals surface area contributed by atoms with Crippen LogP contribution in [-0.4, -0.2) is 66.5 Å². The van der Waals surface area contributed by atoms with Crippen molar-refractivity contribution in [2.45, 2.75) is 251 Å². The summed E-state index contributed by atoms with van der Waals surface area (Å²) in [4.78, 5) is 48.5. The van der Waals surface area contributed by atoms with E-state index in [0.29, 0.717) is 19.3 Å². The predicted octanol–water partition coefficient (Wildman–Crippen LogP) is 17.3. The Balaban J connectivity index is 4.79. The third-order valence-corrected chi connectivity index (χ3v) is 13.0. The minimum atomic E-state index is -4.78. The summed E-state index contributed by atoms with van der Waals surface area (Å²) in [6.07, 6.45) is 65.5. The van der Waals surface area contributed by atoms with E-state index in [4.69, 9.17) is 23.3 Å². The predicted molar refractivity (Wildman–Crippen MR) is 307 cm³/mol. The number of esters is 3. The lowest BCUT2D eigenvalue weighted by molar-refractivity contribution is -0.161. The molecule has 0 amide bonds. The van der Waals surface area contributed by atoms with Gasteiger partial charge in [0, 0.05) is 12.8 Å². The van der Waals surface area contributed by atoms with Gasteiger partial charge in [0.1, 0.15) is 12.7 Å². The number of rotatable bonds is 53. The smallest absolute Gasteiger partial charge is 0.462 e. The van der Waals surface area contributed by atoms with E-state index >= 15 is 0 Å². The van der Waals surface area contributed by atoms with E-state index in [9.17, 15) is 28.9 Å². The summed E-state index contributed by atoms with van der Waals surface area (Å²) >= 11 is 0. The van der Waals surface area contributed by atoms with Crippen LogP contribution in [0.25, 0.3) is 0 Å². The summed E-state index contributed by atoms with van der Waals surface area (Å²) in [6, 6.07) is 0. The summed E-state index contributed by atoms with van der Waals surface area (Å²) < 4.78 is 39.4. The van der Waals surface area contributed by atoms with Gasteiger partial charge in [0.2, 0.25) is 0 Å². The fraction of sp³-hybridized carbons (Fsp3) is 0.694. The molecule has 74 heavy (non-hydrogen) atoms. The highest BCUT2D eigenvalue weighted by molar-refractivity contribution is 7.47. The van der Waals surface area contributed by atoms with Crippen LogP contribution in [0, 0.1) is 0 Å². The van der Waals surface area contributed by atoms with Crippen LogP contribution in [0.15, 0.2) is 97.2 Å². The van der Waals surface area contributed by atoms with E-state index in [-0.39, 0.29) is 25.9 Å². The van der Waals surface area contributed by atoms with Crippen molar-refractivity contribution in [2.75, 3.05) is 26.4 Å². The normalized spacial score (nSPS) is 14.1. The van der Waals surface area contributed by atoms with Crippen LogP contribution in [0.1, 0.15) is 239 Å². The van der Waals surface area contributed by atoms with Gasteiger partial charge in [0.15, 0.2) is 6.10 Å². The molecule has 0 heterocycles. The summed E-state index contributed by atoms with van der Waals surface area (Å²) in [6.45, 7) is 4.28. The van der Waals surface area contributed by atoms with Crippen LogP contribution in [0.3, 0.4) is 0 Å². The first kappa shape index (κ1) is 70.4. The van der Waals surface area contributed by atoms with Crippen LogP contribution in [0.2, 0.25) is 0 Å². The molecule has 3 atom stereocenters. The number of hydrogen-bond donors (Lipinski definition) is 2. The molecule has 3 unspecified atom stereocenters. The second-order valence-corrected chi connectivity index (χ2v) is 20.5. The molecule has 0 fully saturated rings. The quantitative estimate of drug-likeness (QED) is 0.0197. The van der Waals surface area contributed by atoms with Crippen molar-refractivity contribution in [1.82, 2.24) is 0 Å². The Morgan fingerprint density at radius 3 is 1.19 bits per heavy atom. The van der Waals surface area contributed by atoms with E-state index in [1.54, 1.807) is 6.08 Å². The van der Waals surface area contributed by atoms with Gasteiger partial charge in [-0.3, -0.25) is 23.4 Å². The molecular formula is C62H105O11P. The zero-order chi connectivity index (χ0) is 54.1. The second kappa shape index (κ2) is 55.6. The minimum Gasteiger partial charge on any atom is -0.462 e. The van der Waals surface area contributed by atoms with Crippen molar-refractivity contribution in [3.8, 4) is 0 Å². The molecule has 0 saturated heterocycles. The Morgan fingerprint density at radius 2 is 0.757 bits per heavy atom. The van der Waals surface area contributed by atoms with E-state index in [1.807, 2.05) is 18.2 Å². The van der Waals surface area contributed by atoms with Crippen LogP contribution in [0.4, 0.5) is 0 Å². The highest BCUT2D eigenvalue weighted by Crippen LogP contribution is 2.43. The molecule has 12 heteroatoms. The summed E-state index contributed by atoms with van der Waals surface area (Å²) in [7, 11) is -4.78. The molecule has 0 spiro atoms. The highest BCUT2D eigenvalue weighted by atomic mass is 31.2. The van der Waals surface area contributed by atoms with E-state index in [2.05, 4.69) is 93.7 Å². The van der Waals surface area contributed by atoms with Gasteiger partial charge >= 0.3 is 25.7 Å². The van der Waals surface area contributed by atoms with Crippen molar-refractivity contribution < 1.29 is 52.2 Å². The molecule has 0 rings (SSSR count). The maximum Gasteiger partial charge on any atom is 0.472 e. The molecule has 0 aromatic carbocycles. The van der Waals surface area contributed by atoms with Gasteiger partial charge in [0.25, 0.3) is 0 Å². The van der Waals surface area contributed by atoms with E-state index in [0.717, 1.165) is 83.5 Å². The van der Waals surface area contributed by atoms with Crippen LogP contribution < -0.4 is 0 Å². The number of aliphatic hydroxyl groups excluding tert-OH is 1. The minimum absolute atomic E-state index is 0.0598. The third kappa shape index (κ3) is 53.2. The number of aliphatic hydroxyl groups is 1. The average molecular weight is 1060 g/mol. The van der Waals surface area contributed by atoms with Crippen LogP contribution in [-0.2, 0) is 42.2 Å². The molecule has 0 aliphatic rings. The molecule has 0 aromatic rings. The molecule has 0 saturated carbocycles. The number of allylic oxidation sites excluding steroid dienone is 15. The Labute approximate surface area is 451 Å². The van der Waals surface area contributed by atoms with Gasteiger partial charge in [-0.05, 0) is 77.0 Å². The van der Waals surface area contributed by atoms with Gasteiger partial charge in [-0.2, -0.15) is 0 Å². The van der Waals surface area contributed by atoms with Gasteiger partial charge in [-0.1, -0.05) is 240 Å². The Bertz CT molecular complexity index is 1610. The largest absolute Gasteiger partial charge is 0.472 e. The van der Waals surface area contributed by atoms with Crippen LogP contribution >= 0.6 is 7.82 Å². The maximum atomic E-state index is 12.9. The molecule has 424 valence electrons. The highest BCUT2D eigenvalue weighted by Gasteiger charge is 2.28. The lowest BCUT2D eigenvalue weighted by Gasteiger charge is -2.21. The number of carbonyl (C=O) groups is 3. The van der Waals surface area contributed by atoms with Crippen molar-refractivity contribution in [2.24, 2.45) is 0 Å². The zero-order valence-electron chi connectivity index (χ0n) is 46.8. The van der Waals surface area contributed by atoms with Crippen molar-refractivity contribution in [1.29, 1.82) is 0 Å². The van der Waals surface area contributed by atoms with Gasteiger partial charge < -0.3 is 24.2 Å². The summed E-state index contributed by atoms with van der Waals surface area (Å²) in [5.74, 6) is -1.64. The molecule has 0 aliphatic heterocycles. The average Bonchev–Trinajstić information content (AvgIpc) is 3.39.